The Balaban J connectivity index is 1.32. The molecule has 8 nitrogen and oxygen atoms in total. The molecule has 2 heterocycles. The van der Waals surface area contributed by atoms with Crippen LogP contribution in [0.3, 0.4) is 0 Å². The molecule has 0 radical (unpaired) electrons. The fourth-order valence-corrected chi connectivity index (χ4v) is 4.70. The molecule has 1 aliphatic rings. The molecule has 1 fully saturated rings. The highest BCUT2D eigenvalue weighted by Crippen LogP contribution is 2.28. The molecule has 4 rings (SSSR count). The lowest BCUT2D eigenvalue weighted by molar-refractivity contribution is -0.126. The van der Waals surface area contributed by atoms with Gasteiger partial charge in [-0.15, -0.1) is 0 Å². The molecule has 0 unspecified atom stereocenters. The van der Waals surface area contributed by atoms with Crippen molar-refractivity contribution in [3.8, 4) is 17.2 Å². The molecule has 0 saturated carbocycles. The van der Waals surface area contributed by atoms with Gasteiger partial charge in [0.25, 0.3) is 5.91 Å². The first-order valence-electron chi connectivity index (χ1n) is 11.9. The molecule has 0 spiro atoms. The Morgan fingerprint density at radius 1 is 1.00 bits per heavy atom. The van der Waals surface area contributed by atoms with Crippen LogP contribution >= 0.6 is 0 Å². The van der Waals surface area contributed by atoms with Crippen molar-refractivity contribution in [3.05, 3.63) is 53.7 Å². The summed E-state index contributed by atoms with van der Waals surface area (Å²) in [6.45, 7) is 3.59. The fraction of sp³-hybridized carbons (Fsp3) is 0.407. The van der Waals surface area contributed by atoms with E-state index in [0.29, 0.717) is 36.8 Å². The molecule has 3 aromatic rings. The summed E-state index contributed by atoms with van der Waals surface area (Å²) in [5.74, 6) is 2.24. The van der Waals surface area contributed by atoms with Crippen LogP contribution in [0.25, 0.3) is 10.9 Å². The van der Waals surface area contributed by atoms with Crippen molar-refractivity contribution in [1.82, 2.24) is 15.2 Å². The first-order chi connectivity index (χ1) is 16.9. The molecule has 186 valence electrons. The van der Waals surface area contributed by atoms with Crippen LogP contribution in [0.4, 0.5) is 0 Å². The van der Waals surface area contributed by atoms with Crippen LogP contribution in [0.1, 0.15) is 35.8 Å². The number of aromatic nitrogens is 1. The van der Waals surface area contributed by atoms with Gasteiger partial charge in [-0.25, -0.2) is 0 Å². The van der Waals surface area contributed by atoms with E-state index in [2.05, 4.69) is 10.3 Å². The first kappa shape index (κ1) is 24.4. The fourth-order valence-electron chi connectivity index (χ4n) is 4.70. The quantitative estimate of drug-likeness (QED) is 0.510. The minimum absolute atomic E-state index is 0.00390. The highest BCUT2D eigenvalue weighted by Gasteiger charge is 2.30. The number of fused-ring (bicyclic) bond motifs is 1. The zero-order valence-electron chi connectivity index (χ0n) is 20.7. The Bertz CT molecular complexity index is 1200. The summed E-state index contributed by atoms with van der Waals surface area (Å²) in [6.07, 6.45) is 1.58. The third-order valence-electron chi connectivity index (χ3n) is 6.95. The van der Waals surface area contributed by atoms with E-state index in [9.17, 15) is 9.59 Å². The number of benzene rings is 2. The molecule has 2 amide bonds. The maximum Gasteiger partial charge on any atom is 0.270 e. The van der Waals surface area contributed by atoms with Crippen LogP contribution in [0.15, 0.2) is 42.5 Å². The predicted octanol–water partition coefficient (Wildman–Crippen LogP) is 4.00. The molecule has 8 heteroatoms. The van der Waals surface area contributed by atoms with Crippen molar-refractivity contribution < 1.29 is 23.8 Å². The number of hydrogen-bond acceptors (Lipinski definition) is 5. The summed E-state index contributed by atoms with van der Waals surface area (Å²) >= 11 is 0. The average Bonchev–Trinajstić information content (AvgIpc) is 3.34. The van der Waals surface area contributed by atoms with Crippen LogP contribution in [-0.4, -0.2) is 56.1 Å². The van der Waals surface area contributed by atoms with Crippen molar-refractivity contribution in [2.45, 2.75) is 26.3 Å². The van der Waals surface area contributed by atoms with Gasteiger partial charge in [0.1, 0.15) is 22.9 Å². The van der Waals surface area contributed by atoms with Crippen molar-refractivity contribution >= 4 is 22.7 Å². The van der Waals surface area contributed by atoms with E-state index >= 15 is 0 Å². The number of methoxy groups -OCH3 is 3. The van der Waals surface area contributed by atoms with Crippen molar-refractivity contribution in [3.63, 3.8) is 0 Å². The summed E-state index contributed by atoms with van der Waals surface area (Å²) in [4.78, 5) is 31.0. The van der Waals surface area contributed by atoms with Gasteiger partial charge in [-0.3, -0.25) is 9.59 Å². The van der Waals surface area contributed by atoms with Crippen LogP contribution in [0.2, 0.25) is 0 Å². The molecular weight excluding hydrogens is 446 g/mol. The number of H-pyrrole nitrogens is 1. The van der Waals surface area contributed by atoms with Crippen molar-refractivity contribution in [2.24, 2.45) is 11.8 Å². The molecule has 2 aromatic carbocycles. The second kappa shape index (κ2) is 10.7. The number of likely N-dealkylation sites (tertiary alicyclic amines) is 1. The van der Waals surface area contributed by atoms with Crippen molar-refractivity contribution in [1.29, 1.82) is 0 Å². The third kappa shape index (κ3) is 5.37. The molecular formula is C27H33N3O5. The second-order valence-corrected chi connectivity index (χ2v) is 8.95. The Kier molecular flexibility index (Phi) is 7.48. The van der Waals surface area contributed by atoms with Gasteiger partial charge in [0.15, 0.2) is 0 Å². The molecule has 1 aromatic heterocycles. The van der Waals surface area contributed by atoms with Gasteiger partial charge in [0.05, 0.1) is 21.3 Å². The number of hydrogen-bond donors (Lipinski definition) is 2. The molecule has 35 heavy (non-hydrogen) atoms. The minimum Gasteiger partial charge on any atom is -0.497 e. The monoisotopic (exact) mass is 479 g/mol. The largest absolute Gasteiger partial charge is 0.497 e. The van der Waals surface area contributed by atoms with E-state index in [1.54, 1.807) is 21.3 Å². The van der Waals surface area contributed by atoms with E-state index < -0.39 is 0 Å². The highest BCUT2D eigenvalue weighted by atomic mass is 16.5. The number of carbonyl (C=O) groups excluding carboxylic acids is 2. The Morgan fingerprint density at radius 3 is 2.37 bits per heavy atom. The van der Waals surface area contributed by atoms with E-state index in [-0.39, 0.29) is 23.7 Å². The summed E-state index contributed by atoms with van der Waals surface area (Å²) in [5, 5.41) is 4.01. The lowest BCUT2D eigenvalue weighted by Crippen LogP contribution is -2.42. The summed E-state index contributed by atoms with van der Waals surface area (Å²) < 4.78 is 16.0. The van der Waals surface area contributed by atoms with Crippen molar-refractivity contribution in [2.75, 3.05) is 34.4 Å². The summed E-state index contributed by atoms with van der Waals surface area (Å²) in [6, 6.07) is 13.1. The predicted molar refractivity (Wildman–Crippen MR) is 134 cm³/mol. The molecule has 2 N–H and O–H groups in total. The van der Waals surface area contributed by atoms with Gasteiger partial charge in [0, 0.05) is 48.1 Å². The van der Waals surface area contributed by atoms with Crippen LogP contribution < -0.4 is 19.5 Å². The maximum absolute atomic E-state index is 13.1. The maximum atomic E-state index is 13.1. The molecule has 0 aliphatic carbocycles. The average molecular weight is 480 g/mol. The minimum atomic E-state index is -0.149. The first-order valence-corrected chi connectivity index (χ1v) is 11.9. The normalized spacial score (nSPS) is 15.0. The van der Waals surface area contributed by atoms with E-state index in [0.717, 1.165) is 35.1 Å². The Morgan fingerprint density at radius 2 is 1.69 bits per heavy atom. The number of nitrogens with one attached hydrogen (secondary N) is 2. The topological polar surface area (TPSA) is 92.9 Å². The van der Waals surface area contributed by atoms with Gasteiger partial charge >= 0.3 is 0 Å². The molecule has 0 bridgehead atoms. The van der Waals surface area contributed by atoms with Crippen LogP contribution in [0, 0.1) is 11.8 Å². The zero-order chi connectivity index (χ0) is 24.9. The highest BCUT2D eigenvalue weighted by molar-refractivity contribution is 5.98. The van der Waals surface area contributed by atoms with Crippen LogP contribution in [-0.2, 0) is 11.3 Å². The molecule has 1 saturated heterocycles. The second-order valence-electron chi connectivity index (χ2n) is 8.95. The number of carbonyl (C=O) groups is 2. The van der Waals surface area contributed by atoms with E-state index in [1.165, 1.54) is 0 Å². The lowest BCUT2D eigenvalue weighted by Gasteiger charge is -2.34. The zero-order valence-corrected chi connectivity index (χ0v) is 20.7. The summed E-state index contributed by atoms with van der Waals surface area (Å²) in [7, 11) is 4.84. The molecule has 1 aliphatic heterocycles. The number of nitrogens with zero attached hydrogens (tertiary/aromatic N) is 1. The number of piperidine rings is 1. The smallest absolute Gasteiger partial charge is 0.270 e. The number of ether oxygens (including phenoxy) is 3. The standard InChI is InChI=1S/C27H33N3O5/c1-17(26(31)28-16-20-13-21(33-2)7-8-25(20)35-4)18-9-11-30(12-10-18)27(32)24-14-19-5-6-22(34-3)15-23(19)29-24/h5-8,13-15,17-18,29H,9-12,16H2,1-4H3,(H,28,31)/t17-/m0/s1. The molecule has 1 atom stereocenters. The van der Waals surface area contributed by atoms with Gasteiger partial charge in [-0.05, 0) is 55.2 Å². The van der Waals surface area contributed by atoms with Crippen LogP contribution in [0.5, 0.6) is 17.2 Å². The number of rotatable bonds is 8. The Labute approximate surface area is 205 Å². The number of aromatic amines is 1. The third-order valence-corrected chi connectivity index (χ3v) is 6.95. The van der Waals surface area contributed by atoms with E-state index in [1.807, 2.05) is 54.3 Å². The Hall–Kier alpha value is -3.68. The number of amides is 2. The van der Waals surface area contributed by atoms with Gasteiger partial charge in [-0.1, -0.05) is 6.92 Å². The van der Waals surface area contributed by atoms with E-state index in [4.69, 9.17) is 14.2 Å². The van der Waals surface area contributed by atoms with Gasteiger partial charge in [0.2, 0.25) is 5.91 Å². The van der Waals surface area contributed by atoms with Gasteiger partial charge in [-0.2, -0.15) is 0 Å². The lowest BCUT2D eigenvalue weighted by atomic mass is 9.84. The SMILES string of the molecule is COc1ccc(OC)c(CNC(=O)[C@@H](C)C2CCN(C(=O)c3cc4ccc(OC)cc4[nH]3)CC2)c1. The summed E-state index contributed by atoms with van der Waals surface area (Å²) in [5.41, 5.74) is 2.31. The van der Waals surface area contributed by atoms with Gasteiger partial charge < -0.3 is 29.4 Å².